The molecule has 0 heterocycles. The lowest BCUT2D eigenvalue weighted by atomic mass is 9.69. The molecule has 0 aromatic carbocycles. The zero-order valence-corrected chi connectivity index (χ0v) is 13.4. The second-order valence-corrected chi connectivity index (χ2v) is 7.69. The largest absolute Gasteiger partial charge is 0.313 e. The lowest BCUT2D eigenvalue weighted by molar-refractivity contribution is 0.141. The smallest absolute Gasteiger partial charge is 0.0107 e. The third-order valence-electron chi connectivity index (χ3n) is 6.39. The minimum atomic E-state index is 0.825. The zero-order chi connectivity index (χ0) is 13.8. The van der Waals surface area contributed by atoms with Gasteiger partial charge >= 0.3 is 0 Å². The minimum absolute atomic E-state index is 0.825. The molecule has 3 rings (SSSR count). The number of nitrogens with one attached hydrogen (secondary N) is 1. The molecule has 3 fully saturated rings. The van der Waals surface area contributed by atoms with Crippen molar-refractivity contribution in [3.05, 3.63) is 0 Å². The number of hydrogen-bond donors (Lipinski definition) is 1. The number of fused-ring (bicyclic) bond motifs is 1. The Bertz CT molecular complexity index is 285. The summed E-state index contributed by atoms with van der Waals surface area (Å²) in [4.78, 5) is 2.60. The van der Waals surface area contributed by atoms with Crippen LogP contribution in [0.5, 0.6) is 0 Å². The van der Waals surface area contributed by atoms with Crippen molar-refractivity contribution in [1.82, 2.24) is 10.2 Å². The first-order valence-corrected chi connectivity index (χ1v) is 9.26. The van der Waals surface area contributed by atoms with E-state index < -0.39 is 0 Å². The summed E-state index contributed by atoms with van der Waals surface area (Å²) < 4.78 is 0. The van der Waals surface area contributed by atoms with E-state index in [0.29, 0.717) is 0 Å². The summed E-state index contributed by atoms with van der Waals surface area (Å²) in [5, 5.41) is 3.87. The van der Waals surface area contributed by atoms with Gasteiger partial charge in [-0.2, -0.15) is 0 Å². The van der Waals surface area contributed by atoms with Crippen LogP contribution in [0.15, 0.2) is 0 Å². The van der Waals surface area contributed by atoms with Crippen LogP contribution in [-0.2, 0) is 0 Å². The van der Waals surface area contributed by atoms with E-state index in [-0.39, 0.29) is 0 Å². The lowest BCUT2D eigenvalue weighted by Gasteiger charge is -2.39. The van der Waals surface area contributed by atoms with Gasteiger partial charge in [-0.05, 0) is 51.0 Å². The molecule has 3 aliphatic carbocycles. The van der Waals surface area contributed by atoms with Gasteiger partial charge in [0.05, 0.1) is 0 Å². The van der Waals surface area contributed by atoms with Crippen molar-refractivity contribution in [2.45, 2.75) is 82.7 Å². The molecule has 3 atom stereocenters. The molecule has 116 valence electrons. The van der Waals surface area contributed by atoms with Gasteiger partial charge in [-0.15, -0.1) is 0 Å². The van der Waals surface area contributed by atoms with Gasteiger partial charge in [0.15, 0.2) is 0 Å². The lowest BCUT2D eigenvalue weighted by Crippen LogP contribution is -2.42. The normalized spacial score (nSPS) is 35.4. The highest BCUT2D eigenvalue weighted by Gasteiger charge is 2.31. The monoisotopic (exact) mass is 278 g/mol. The summed E-state index contributed by atoms with van der Waals surface area (Å²) >= 11 is 0. The highest BCUT2D eigenvalue weighted by molar-refractivity contribution is 4.86. The van der Waals surface area contributed by atoms with Crippen molar-refractivity contribution in [3.63, 3.8) is 0 Å². The fourth-order valence-electron chi connectivity index (χ4n) is 5.03. The quantitative estimate of drug-likeness (QED) is 0.822. The molecular weight excluding hydrogens is 244 g/mol. The molecule has 0 spiro atoms. The van der Waals surface area contributed by atoms with Gasteiger partial charge in [-0.1, -0.05) is 38.5 Å². The molecule has 0 aromatic rings. The average Bonchev–Trinajstić information content (AvgIpc) is 3.01. The fourth-order valence-corrected chi connectivity index (χ4v) is 5.03. The van der Waals surface area contributed by atoms with Crippen molar-refractivity contribution in [2.75, 3.05) is 20.1 Å². The summed E-state index contributed by atoms with van der Waals surface area (Å²) in [5.41, 5.74) is 0. The van der Waals surface area contributed by atoms with Crippen LogP contribution in [0.1, 0.15) is 70.6 Å². The fraction of sp³-hybridized carbons (Fsp3) is 1.00. The predicted molar refractivity (Wildman–Crippen MR) is 86.0 cm³/mol. The van der Waals surface area contributed by atoms with Crippen LogP contribution >= 0.6 is 0 Å². The molecule has 0 amide bonds. The number of nitrogens with zero attached hydrogens (tertiary/aromatic N) is 1. The van der Waals surface area contributed by atoms with Crippen molar-refractivity contribution in [1.29, 1.82) is 0 Å². The molecule has 0 saturated heterocycles. The molecule has 0 aliphatic heterocycles. The van der Waals surface area contributed by atoms with E-state index in [1.807, 2.05) is 0 Å². The SMILES string of the molecule is CN(CCNC1CCC2CCCCC2C1)C1CCCC1. The summed E-state index contributed by atoms with van der Waals surface area (Å²) in [5.74, 6) is 2.14. The molecule has 3 saturated carbocycles. The summed E-state index contributed by atoms with van der Waals surface area (Å²) in [6, 6.07) is 1.71. The van der Waals surface area contributed by atoms with Crippen LogP contribution in [0.25, 0.3) is 0 Å². The van der Waals surface area contributed by atoms with Crippen LogP contribution in [0, 0.1) is 11.8 Å². The van der Waals surface area contributed by atoms with E-state index in [1.165, 1.54) is 83.7 Å². The molecule has 2 nitrogen and oxygen atoms in total. The number of rotatable bonds is 5. The first-order valence-electron chi connectivity index (χ1n) is 9.26. The highest BCUT2D eigenvalue weighted by Crippen LogP contribution is 2.40. The Morgan fingerprint density at radius 1 is 0.850 bits per heavy atom. The molecule has 0 aromatic heterocycles. The summed E-state index contributed by atoms with van der Waals surface area (Å²) in [6.07, 6.45) is 16.2. The molecule has 0 radical (unpaired) electrons. The molecule has 0 bridgehead atoms. The molecule has 3 unspecified atom stereocenters. The second kappa shape index (κ2) is 7.26. The highest BCUT2D eigenvalue weighted by atomic mass is 15.1. The van der Waals surface area contributed by atoms with E-state index in [2.05, 4.69) is 17.3 Å². The maximum absolute atomic E-state index is 3.87. The Balaban J connectivity index is 1.34. The maximum atomic E-state index is 3.87. The van der Waals surface area contributed by atoms with Gasteiger partial charge in [0.25, 0.3) is 0 Å². The molecular formula is C18H34N2. The van der Waals surface area contributed by atoms with E-state index in [1.54, 1.807) is 0 Å². The van der Waals surface area contributed by atoms with Crippen LogP contribution in [0.2, 0.25) is 0 Å². The standard InChI is InChI=1S/C18H34N2/c1-20(18-8-4-5-9-18)13-12-19-17-11-10-15-6-2-3-7-16(15)14-17/h15-19H,2-14H2,1H3. The van der Waals surface area contributed by atoms with E-state index in [9.17, 15) is 0 Å². The summed E-state index contributed by atoms with van der Waals surface area (Å²) in [7, 11) is 2.33. The Labute approximate surface area is 125 Å². The van der Waals surface area contributed by atoms with Gasteiger partial charge in [0.2, 0.25) is 0 Å². The first kappa shape index (κ1) is 14.8. The second-order valence-electron chi connectivity index (χ2n) is 7.69. The number of likely N-dealkylation sites (N-methyl/N-ethyl adjacent to an activating group) is 1. The third kappa shape index (κ3) is 3.76. The van der Waals surface area contributed by atoms with Crippen LogP contribution in [0.4, 0.5) is 0 Å². The average molecular weight is 278 g/mol. The van der Waals surface area contributed by atoms with Crippen molar-refractivity contribution < 1.29 is 0 Å². The van der Waals surface area contributed by atoms with E-state index in [4.69, 9.17) is 0 Å². The minimum Gasteiger partial charge on any atom is -0.313 e. The van der Waals surface area contributed by atoms with Crippen molar-refractivity contribution in [2.24, 2.45) is 11.8 Å². The maximum Gasteiger partial charge on any atom is 0.0107 e. The molecule has 1 N–H and O–H groups in total. The third-order valence-corrected chi connectivity index (χ3v) is 6.39. The molecule has 2 heteroatoms. The van der Waals surface area contributed by atoms with Gasteiger partial charge in [0.1, 0.15) is 0 Å². The van der Waals surface area contributed by atoms with Gasteiger partial charge < -0.3 is 10.2 Å². The summed E-state index contributed by atoms with van der Waals surface area (Å²) in [6.45, 7) is 2.45. The van der Waals surface area contributed by atoms with Crippen LogP contribution in [0.3, 0.4) is 0 Å². The molecule has 3 aliphatic rings. The Morgan fingerprint density at radius 2 is 1.55 bits per heavy atom. The predicted octanol–water partition coefficient (Wildman–Crippen LogP) is 3.81. The molecule has 20 heavy (non-hydrogen) atoms. The van der Waals surface area contributed by atoms with Crippen molar-refractivity contribution >= 4 is 0 Å². The first-order chi connectivity index (χ1) is 9.83. The van der Waals surface area contributed by atoms with Crippen molar-refractivity contribution in [3.8, 4) is 0 Å². The Morgan fingerprint density at radius 3 is 2.35 bits per heavy atom. The topological polar surface area (TPSA) is 15.3 Å². The van der Waals surface area contributed by atoms with Gasteiger partial charge in [-0.25, -0.2) is 0 Å². The number of hydrogen-bond acceptors (Lipinski definition) is 2. The van der Waals surface area contributed by atoms with Gasteiger partial charge in [0, 0.05) is 25.2 Å². The van der Waals surface area contributed by atoms with E-state index in [0.717, 1.165) is 23.9 Å². The van der Waals surface area contributed by atoms with E-state index >= 15 is 0 Å². The van der Waals surface area contributed by atoms with Crippen LogP contribution < -0.4 is 5.32 Å². The zero-order valence-electron chi connectivity index (χ0n) is 13.4. The Kier molecular flexibility index (Phi) is 5.39. The van der Waals surface area contributed by atoms with Crippen LogP contribution in [-0.4, -0.2) is 37.1 Å². The Hall–Kier alpha value is -0.0800. The van der Waals surface area contributed by atoms with Gasteiger partial charge in [-0.3, -0.25) is 0 Å².